The minimum absolute atomic E-state index is 0.00753. The highest BCUT2D eigenvalue weighted by Crippen LogP contribution is 2.36. The summed E-state index contributed by atoms with van der Waals surface area (Å²) in [5, 5.41) is 9.91. The van der Waals surface area contributed by atoms with Crippen molar-refractivity contribution in [2.45, 2.75) is 26.4 Å². The van der Waals surface area contributed by atoms with E-state index in [-0.39, 0.29) is 23.3 Å². The molecule has 0 spiro atoms. The lowest BCUT2D eigenvalue weighted by Crippen LogP contribution is -2.46. The lowest BCUT2D eigenvalue weighted by molar-refractivity contribution is 0.217. The second-order valence-corrected chi connectivity index (χ2v) is 8.37. The smallest absolute Gasteiger partial charge is 0.172 e. The van der Waals surface area contributed by atoms with Crippen molar-refractivity contribution in [3.8, 4) is 11.5 Å². The number of hydrogen-bond donors (Lipinski definition) is 1. The van der Waals surface area contributed by atoms with Crippen molar-refractivity contribution < 1.29 is 18.3 Å². The van der Waals surface area contributed by atoms with E-state index in [1.54, 1.807) is 6.07 Å². The van der Waals surface area contributed by atoms with E-state index in [1.165, 1.54) is 0 Å². The molecule has 118 valence electrons. The molecule has 1 aromatic carbocycles. The second-order valence-electron chi connectivity index (χ2n) is 5.29. The van der Waals surface area contributed by atoms with E-state index in [0.717, 1.165) is 5.56 Å². The van der Waals surface area contributed by atoms with Crippen molar-refractivity contribution in [1.29, 1.82) is 0 Å². The molecule has 0 amide bonds. The van der Waals surface area contributed by atoms with Crippen LogP contribution >= 0.6 is 15.9 Å². The molecule has 1 aliphatic rings. The summed E-state index contributed by atoms with van der Waals surface area (Å²) in [4.78, 5) is 2.13. The van der Waals surface area contributed by atoms with E-state index in [0.29, 0.717) is 29.9 Å². The number of aromatic hydroxyl groups is 1. The summed E-state index contributed by atoms with van der Waals surface area (Å²) in [5.41, 5.74) is 0.981. The number of hydrogen-bond acceptors (Lipinski definition) is 5. The third-order valence-electron chi connectivity index (χ3n) is 3.58. The fourth-order valence-corrected chi connectivity index (χ4v) is 4.60. The third kappa shape index (κ3) is 4.11. The van der Waals surface area contributed by atoms with Crippen molar-refractivity contribution in [3.05, 3.63) is 22.2 Å². The number of benzene rings is 1. The monoisotopic (exact) mass is 377 g/mol. The van der Waals surface area contributed by atoms with Crippen molar-refractivity contribution in [2.24, 2.45) is 0 Å². The largest absolute Gasteiger partial charge is 0.503 e. The summed E-state index contributed by atoms with van der Waals surface area (Å²) in [6.45, 7) is 5.43. The SMILES string of the molecule is CCOc1cc(CN2CCS(=O)(=O)CC2C)cc(Br)c1O. The average Bonchev–Trinajstić information content (AvgIpc) is 2.38. The number of rotatable bonds is 4. The van der Waals surface area contributed by atoms with Gasteiger partial charge >= 0.3 is 0 Å². The van der Waals surface area contributed by atoms with Crippen molar-refractivity contribution >= 4 is 25.8 Å². The zero-order valence-electron chi connectivity index (χ0n) is 12.2. The van der Waals surface area contributed by atoms with E-state index >= 15 is 0 Å². The Morgan fingerprint density at radius 3 is 2.81 bits per heavy atom. The van der Waals surface area contributed by atoms with Gasteiger partial charge in [-0.2, -0.15) is 0 Å². The maximum absolute atomic E-state index is 11.6. The fraction of sp³-hybridized carbons (Fsp3) is 0.571. The van der Waals surface area contributed by atoms with Crippen LogP contribution in [-0.2, 0) is 16.4 Å². The van der Waals surface area contributed by atoms with Gasteiger partial charge in [0.05, 0.1) is 22.6 Å². The number of phenols is 1. The first-order chi connectivity index (χ1) is 9.82. The van der Waals surface area contributed by atoms with Crippen LogP contribution in [0.5, 0.6) is 11.5 Å². The molecule has 1 aliphatic heterocycles. The van der Waals surface area contributed by atoms with Crippen LogP contribution in [0.1, 0.15) is 19.4 Å². The minimum Gasteiger partial charge on any atom is -0.503 e. The number of phenolic OH excluding ortho intramolecular Hbond substituents is 1. The topological polar surface area (TPSA) is 66.8 Å². The first kappa shape index (κ1) is 16.6. The van der Waals surface area contributed by atoms with Crippen LogP contribution in [0.3, 0.4) is 0 Å². The average molecular weight is 378 g/mol. The van der Waals surface area contributed by atoms with E-state index < -0.39 is 9.84 Å². The van der Waals surface area contributed by atoms with Crippen LogP contribution in [-0.4, -0.2) is 49.1 Å². The van der Waals surface area contributed by atoms with Gasteiger partial charge in [0.1, 0.15) is 0 Å². The zero-order chi connectivity index (χ0) is 15.6. The van der Waals surface area contributed by atoms with Crippen LogP contribution in [0, 0.1) is 0 Å². The quantitative estimate of drug-likeness (QED) is 0.870. The summed E-state index contributed by atoms with van der Waals surface area (Å²) in [7, 11) is -2.90. The molecule has 1 atom stereocenters. The summed E-state index contributed by atoms with van der Waals surface area (Å²) in [6.07, 6.45) is 0. The van der Waals surface area contributed by atoms with E-state index in [4.69, 9.17) is 4.74 Å². The van der Waals surface area contributed by atoms with Gasteiger partial charge < -0.3 is 9.84 Å². The molecule has 1 unspecified atom stereocenters. The molecule has 1 saturated heterocycles. The highest BCUT2D eigenvalue weighted by Gasteiger charge is 2.28. The standard InChI is InChI=1S/C14H20BrNO4S/c1-3-20-13-7-11(6-12(15)14(13)17)8-16-4-5-21(18,19)9-10(16)2/h6-7,10,17H,3-5,8-9H2,1-2H3. The fourth-order valence-electron chi connectivity index (χ4n) is 2.49. The molecular weight excluding hydrogens is 358 g/mol. The van der Waals surface area contributed by atoms with Gasteiger partial charge in [0.2, 0.25) is 0 Å². The predicted molar refractivity (Wildman–Crippen MR) is 85.5 cm³/mol. The maximum atomic E-state index is 11.6. The van der Waals surface area contributed by atoms with E-state index in [9.17, 15) is 13.5 Å². The summed E-state index contributed by atoms with van der Waals surface area (Å²) >= 11 is 3.32. The Labute approximate surface area is 134 Å². The Bertz CT molecular complexity index is 618. The number of nitrogens with zero attached hydrogens (tertiary/aromatic N) is 1. The number of sulfone groups is 1. The second kappa shape index (κ2) is 6.54. The molecule has 5 nitrogen and oxygen atoms in total. The van der Waals surface area contributed by atoms with Gasteiger partial charge in [-0.1, -0.05) is 0 Å². The van der Waals surface area contributed by atoms with Crippen LogP contribution in [0.25, 0.3) is 0 Å². The molecule has 2 rings (SSSR count). The Morgan fingerprint density at radius 2 is 2.19 bits per heavy atom. The van der Waals surface area contributed by atoms with Gasteiger partial charge in [-0.3, -0.25) is 4.90 Å². The van der Waals surface area contributed by atoms with Gasteiger partial charge in [-0.15, -0.1) is 0 Å². The number of halogens is 1. The first-order valence-electron chi connectivity index (χ1n) is 6.91. The minimum atomic E-state index is -2.90. The van der Waals surface area contributed by atoms with Crippen LogP contribution in [0.2, 0.25) is 0 Å². The Morgan fingerprint density at radius 1 is 1.48 bits per heavy atom. The first-order valence-corrected chi connectivity index (χ1v) is 9.52. The van der Waals surface area contributed by atoms with Gasteiger partial charge in [-0.25, -0.2) is 8.42 Å². The van der Waals surface area contributed by atoms with Crippen molar-refractivity contribution in [1.82, 2.24) is 4.90 Å². The molecule has 1 N–H and O–H groups in total. The predicted octanol–water partition coefficient (Wildman–Crippen LogP) is 2.17. The molecule has 1 aromatic rings. The summed E-state index contributed by atoms with van der Waals surface area (Å²) < 4.78 is 29.2. The molecule has 1 heterocycles. The lowest BCUT2D eigenvalue weighted by atomic mass is 10.1. The summed E-state index contributed by atoms with van der Waals surface area (Å²) in [6, 6.07) is 3.64. The molecule has 1 fully saturated rings. The summed E-state index contributed by atoms with van der Waals surface area (Å²) in [5.74, 6) is 0.938. The number of ether oxygens (including phenoxy) is 1. The molecule has 0 bridgehead atoms. The Hall–Kier alpha value is -0.790. The normalized spacial score (nSPS) is 22.1. The zero-order valence-corrected chi connectivity index (χ0v) is 14.6. The Kier molecular flexibility index (Phi) is 5.16. The molecule has 0 saturated carbocycles. The van der Waals surface area contributed by atoms with Gasteiger partial charge in [-0.05, 0) is 47.5 Å². The van der Waals surface area contributed by atoms with Gasteiger partial charge in [0, 0.05) is 19.1 Å². The van der Waals surface area contributed by atoms with Gasteiger partial charge in [0.15, 0.2) is 21.3 Å². The molecule has 0 radical (unpaired) electrons. The van der Waals surface area contributed by atoms with Crippen LogP contribution < -0.4 is 4.74 Å². The van der Waals surface area contributed by atoms with Crippen molar-refractivity contribution in [3.63, 3.8) is 0 Å². The van der Waals surface area contributed by atoms with Crippen molar-refractivity contribution in [2.75, 3.05) is 24.7 Å². The molecule has 0 aliphatic carbocycles. The van der Waals surface area contributed by atoms with E-state index in [2.05, 4.69) is 20.8 Å². The van der Waals surface area contributed by atoms with Gasteiger partial charge in [0.25, 0.3) is 0 Å². The third-order valence-corrected chi connectivity index (χ3v) is 5.98. The molecule has 7 heteroatoms. The Balaban J connectivity index is 2.16. The molecule has 21 heavy (non-hydrogen) atoms. The molecular formula is C14H20BrNO4S. The lowest BCUT2D eigenvalue weighted by Gasteiger charge is -2.33. The highest BCUT2D eigenvalue weighted by atomic mass is 79.9. The highest BCUT2D eigenvalue weighted by molar-refractivity contribution is 9.10. The van der Waals surface area contributed by atoms with E-state index in [1.807, 2.05) is 19.9 Å². The maximum Gasteiger partial charge on any atom is 0.172 e. The van der Waals surface area contributed by atoms with Crippen LogP contribution in [0.4, 0.5) is 0 Å². The van der Waals surface area contributed by atoms with Crippen LogP contribution in [0.15, 0.2) is 16.6 Å². The molecule has 0 aromatic heterocycles.